The normalized spacial score (nSPS) is 30.8. The highest BCUT2D eigenvalue weighted by atomic mass is 35.5. The van der Waals surface area contributed by atoms with Crippen LogP contribution >= 0.6 is 11.6 Å². The van der Waals surface area contributed by atoms with Gasteiger partial charge in [0.15, 0.2) is 12.4 Å². The summed E-state index contributed by atoms with van der Waals surface area (Å²) in [5.74, 6) is -0.693. The zero-order chi connectivity index (χ0) is 22.9. The molecule has 2 amide bonds. The Balaban J connectivity index is 1.18. The molecule has 1 saturated heterocycles. The van der Waals surface area contributed by atoms with Gasteiger partial charge in [-0.25, -0.2) is 9.69 Å². The Morgan fingerprint density at radius 3 is 2.18 bits per heavy atom. The molecule has 1 heterocycles. The van der Waals surface area contributed by atoms with Gasteiger partial charge in [-0.3, -0.25) is 14.4 Å². The second-order valence-electron chi connectivity index (χ2n) is 9.22. The Morgan fingerprint density at radius 2 is 1.55 bits per heavy atom. The van der Waals surface area contributed by atoms with Gasteiger partial charge in [-0.15, -0.1) is 0 Å². The van der Waals surface area contributed by atoms with Crippen LogP contribution in [0.15, 0.2) is 60.7 Å². The summed E-state index contributed by atoms with van der Waals surface area (Å²) in [5, 5.41) is 0.507. The van der Waals surface area contributed by atoms with E-state index in [0.717, 1.165) is 6.42 Å². The van der Waals surface area contributed by atoms with E-state index < -0.39 is 12.6 Å². The van der Waals surface area contributed by atoms with Gasteiger partial charge >= 0.3 is 5.97 Å². The van der Waals surface area contributed by atoms with Crippen molar-refractivity contribution in [3.8, 4) is 0 Å². The van der Waals surface area contributed by atoms with Crippen molar-refractivity contribution in [2.45, 2.75) is 6.42 Å². The number of imide groups is 1. The number of anilines is 1. The van der Waals surface area contributed by atoms with E-state index in [9.17, 15) is 19.2 Å². The maximum Gasteiger partial charge on any atom is 0.338 e. The number of benzene rings is 2. The van der Waals surface area contributed by atoms with Crippen LogP contribution in [0.4, 0.5) is 5.69 Å². The molecule has 0 unspecified atom stereocenters. The molecule has 7 heteroatoms. The smallest absolute Gasteiger partial charge is 0.338 e. The number of amides is 2. The molecule has 0 radical (unpaired) electrons. The van der Waals surface area contributed by atoms with E-state index in [-0.39, 0.29) is 46.8 Å². The minimum Gasteiger partial charge on any atom is -0.454 e. The van der Waals surface area contributed by atoms with E-state index in [4.69, 9.17) is 16.3 Å². The third-order valence-electron chi connectivity index (χ3n) is 7.50. The number of Topliss-reactive ketones (excluding diaryl/α,β-unsaturated/α-hetero) is 1. The fraction of sp³-hybridized carbons (Fsp3) is 0.308. The van der Waals surface area contributed by atoms with E-state index in [2.05, 4.69) is 12.2 Å². The molecule has 166 valence electrons. The summed E-state index contributed by atoms with van der Waals surface area (Å²) in [5.41, 5.74) is 0.930. The summed E-state index contributed by atoms with van der Waals surface area (Å²) in [6, 6.07) is 12.6. The lowest BCUT2D eigenvalue weighted by molar-refractivity contribution is -0.124. The van der Waals surface area contributed by atoms with Crippen molar-refractivity contribution >= 4 is 40.9 Å². The minimum absolute atomic E-state index is 0.137. The van der Waals surface area contributed by atoms with Crippen LogP contribution in [-0.2, 0) is 14.3 Å². The zero-order valence-electron chi connectivity index (χ0n) is 17.5. The van der Waals surface area contributed by atoms with Gasteiger partial charge in [-0.1, -0.05) is 29.8 Å². The van der Waals surface area contributed by atoms with E-state index >= 15 is 0 Å². The van der Waals surface area contributed by atoms with Crippen LogP contribution in [0.1, 0.15) is 27.1 Å². The van der Waals surface area contributed by atoms with E-state index in [0.29, 0.717) is 28.1 Å². The van der Waals surface area contributed by atoms with Crippen LogP contribution in [0.3, 0.4) is 0 Å². The number of hydrogen-bond donors (Lipinski definition) is 0. The van der Waals surface area contributed by atoms with Gasteiger partial charge in [0.25, 0.3) is 0 Å². The lowest BCUT2D eigenvalue weighted by Gasteiger charge is -2.37. The number of halogens is 1. The summed E-state index contributed by atoms with van der Waals surface area (Å²) < 4.78 is 5.18. The SMILES string of the molecule is O=C(COC(=O)c1cccc(N2C(=O)[C@H]3[C@@H]4C=C[C@H]([C@H]5C[C@H]45)[C@@H]3C2=O)c1)c1ccc(Cl)cc1. The molecule has 6 atom stereocenters. The van der Waals surface area contributed by atoms with Crippen LogP contribution in [0.25, 0.3) is 0 Å². The van der Waals surface area contributed by atoms with Crippen molar-refractivity contribution in [3.05, 3.63) is 76.8 Å². The van der Waals surface area contributed by atoms with E-state index in [1.54, 1.807) is 36.4 Å². The molecule has 2 saturated carbocycles. The van der Waals surface area contributed by atoms with Crippen molar-refractivity contribution in [1.82, 2.24) is 0 Å². The van der Waals surface area contributed by atoms with E-state index in [1.165, 1.54) is 17.0 Å². The number of rotatable bonds is 5. The Labute approximate surface area is 195 Å². The van der Waals surface area contributed by atoms with Crippen molar-refractivity contribution in [1.29, 1.82) is 0 Å². The fourth-order valence-corrected chi connectivity index (χ4v) is 6.04. The van der Waals surface area contributed by atoms with Gasteiger partial charge in [-0.2, -0.15) is 0 Å². The average molecular weight is 462 g/mol. The zero-order valence-corrected chi connectivity index (χ0v) is 18.3. The van der Waals surface area contributed by atoms with Crippen molar-refractivity contribution in [2.75, 3.05) is 11.5 Å². The molecule has 5 aliphatic rings. The summed E-state index contributed by atoms with van der Waals surface area (Å²) in [4.78, 5) is 52.7. The number of allylic oxidation sites excluding steroid dienone is 2. The average Bonchev–Trinajstić information content (AvgIpc) is 3.61. The molecule has 2 aromatic carbocycles. The van der Waals surface area contributed by atoms with Gasteiger partial charge in [0.05, 0.1) is 23.1 Å². The van der Waals surface area contributed by atoms with Gasteiger partial charge in [0.2, 0.25) is 11.8 Å². The van der Waals surface area contributed by atoms with Crippen molar-refractivity contribution < 1.29 is 23.9 Å². The topological polar surface area (TPSA) is 80.8 Å². The largest absolute Gasteiger partial charge is 0.454 e. The summed E-state index contributed by atoms with van der Waals surface area (Å²) in [6.07, 6.45) is 5.35. The molecule has 2 bridgehead atoms. The third kappa shape index (κ3) is 3.16. The Morgan fingerprint density at radius 1 is 0.909 bits per heavy atom. The number of ketones is 1. The number of carbonyl (C=O) groups excluding carboxylic acids is 4. The van der Waals surface area contributed by atoms with Crippen molar-refractivity contribution in [2.24, 2.45) is 35.5 Å². The first kappa shape index (κ1) is 20.4. The predicted octanol–water partition coefficient (Wildman–Crippen LogP) is 3.94. The number of esters is 1. The first-order valence-corrected chi connectivity index (χ1v) is 11.4. The Bertz CT molecular complexity index is 1200. The first-order chi connectivity index (χ1) is 15.9. The van der Waals surface area contributed by atoms with Crippen LogP contribution in [-0.4, -0.2) is 30.2 Å². The van der Waals surface area contributed by atoms with Crippen LogP contribution < -0.4 is 4.90 Å². The van der Waals surface area contributed by atoms with Gasteiger partial charge in [-0.05, 0) is 72.6 Å². The van der Waals surface area contributed by atoms with Gasteiger partial charge < -0.3 is 4.74 Å². The third-order valence-corrected chi connectivity index (χ3v) is 7.76. The molecule has 6 nitrogen and oxygen atoms in total. The second-order valence-corrected chi connectivity index (χ2v) is 9.66. The maximum atomic E-state index is 13.3. The van der Waals surface area contributed by atoms with Crippen LogP contribution in [0.2, 0.25) is 5.02 Å². The number of hydrogen-bond acceptors (Lipinski definition) is 5. The Hall–Kier alpha value is -3.25. The molecule has 0 aromatic heterocycles. The standard InChI is InChI=1S/C26H20ClNO5/c27-15-6-4-13(5-7-15)21(29)12-33-26(32)14-2-1-3-16(10-14)28-24(30)22-17-8-9-18(20-11-19(17)20)23(22)25(28)31/h1-10,17-20,22-23H,11-12H2/t17-,18-,19-,20-,22+,23+/m1/s1. The molecular formula is C26H20ClNO5. The van der Waals surface area contributed by atoms with E-state index in [1.807, 2.05) is 0 Å². The molecule has 3 fully saturated rings. The van der Waals surface area contributed by atoms with Crippen LogP contribution in [0.5, 0.6) is 0 Å². The highest BCUT2D eigenvalue weighted by Crippen LogP contribution is 2.65. The summed E-state index contributed by atoms with van der Waals surface area (Å²) in [7, 11) is 0. The van der Waals surface area contributed by atoms with Crippen LogP contribution in [0, 0.1) is 35.5 Å². The maximum absolute atomic E-state index is 13.3. The molecule has 0 N–H and O–H groups in total. The molecule has 0 spiro atoms. The minimum atomic E-state index is -0.696. The molecular weight excluding hydrogens is 442 g/mol. The highest BCUT2D eigenvalue weighted by Gasteiger charge is 2.67. The second kappa shape index (κ2) is 7.39. The summed E-state index contributed by atoms with van der Waals surface area (Å²) in [6.45, 7) is -0.422. The number of nitrogens with zero attached hydrogens (tertiary/aromatic N) is 1. The fourth-order valence-electron chi connectivity index (χ4n) is 5.92. The number of ether oxygens (including phenoxy) is 1. The monoisotopic (exact) mass is 461 g/mol. The first-order valence-electron chi connectivity index (χ1n) is 11.1. The molecule has 4 aliphatic carbocycles. The predicted molar refractivity (Wildman–Crippen MR) is 120 cm³/mol. The number of carbonyl (C=O) groups is 4. The molecule has 7 rings (SSSR count). The molecule has 2 aromatic rings. The Kier molecular flexibility index (Phi) is 4.56. The lowest BCUT2D eigenvalue weighted by atomic mass is 9.63. The summed E-state index contributed by atoms with van der Waals surface area (Å²) >= 11 is 5.83. The van der Waals surface area contributed by atoms with Gasteiger partial charge in [0.1, 0.15) is 0 Å². The quantitative estimate of drug-likeness (QED) is 0.291. The lowest BCUT2D eigenvalue weighted by Crippen LogP contribution is -2.40. The molecule has 33 heavy (non-hydrogen) atoms. The highest BCUT2D eigenvalue weighted by molar-refractivity contribution is 6.30. The van der Waals surface area contributed by atoms with Gasteiger partial charge in [0, 0.05) is 10.6 Å². The molecule has 1 aliphatic heterocycles. The van der Waals surface area contributed by atoms with Crippen molar-refractivity contribution in [3.63, 3.8) is 0 Å².